The fourth-order valence-electron chi connectivity index (χ4n) is 2.51. The molecule has 0 aliphatic heterocycles. The maximum atomic E-state index is 12.5. The SMILES string of the molecule is Cl.Nc1cccc(C(=O)NC2CCC(C(F)(F)F)CC2)c1. The summed E-state index contributed by atoms with van der Waals surface area (Å²) >= 11 is 0. The first-order valence-corrected chi connectivity index (χ1v) is 6.59. The molecule has 118 valence electrons. The summed E-state index contributed by atoms with van der Waals surface area (Å²) in [5.41, 5.74) is 6.51. The number of halogens is 4. The molecule has 1 amide bonds. The molecule has 0 unspecified atom stereocenters. The molecule has 21 heavy (non-hydrogen) atoms. The average Bonchev–Trinajstić information content (AvgIpc) is 2.38. The lowest BCUT2D eigenvalue weighted by Crippen LogP contribution is -2.40. The number of hydrogen-bond donors (Lipinski definition) is 2. The van der Waals surface area contributed by atoms with Crippen molar-refractivity contribution in [1.29, 1.82) is 0 Å². The third-order valence-electron chi connectivity index (χ3n) is 3.67. The number of amides is 1. The van der Waals surface area contributed by atoms with Crippen molar-refractivity contribution in [2.24, 2.45) is 5.92 Å². The van der Waals surface area contributed by atoms with Gasteiger partial charge in [-0.15, -0.1) is 12.4 Å². The maximum Gasteiger partial charge on any atom is 0.391 e. The summed E-state index contributed by atoms with van der Waals surface area (Å²) in [6.45, 7) is 0. The highest BCUT2D eigenvalue weighted by Gasteiger charge is 2.41. The van der Waals surface area contributed by atoms with E-state index in [1.54, 1.807) is 24.3 Å². The van der Waals surface area contributed by atoms with Crippen LogP contribution in [0.15, 0.2) is 24.3 Å². The van der Waals surface area contributed by atoms with Gasteiger partial charge < -0.3 is 11.1 Å². The second-order valence-electron chi connectivity index (χ2n) is 5.19. The predicted molar refractivity (Wildman–Crippen MR) is 77.4 cm³/mol. The second kappa shape index (κ2) is 7.02. The van der Waals surface area contributed by atoms with Gasteiger partial charge in [-0.25, -0.2) is 0 Å². The monoisotopic (exact) mass is 322 g/mol. The van der Waals surface area contributed by atoms with Gasteiger partial charge in [0.05, 0.1) is 5.92 Å². The number of benzene rings is 1. The average molecular weight is 323 g/mol. The molecule has 1 fully saturated rings. The lowest BCUT2D eigenvalue weighted by atomic mass is 9.85. The van der Waals surface area contributed by atoms with Crippen LogP contribution < -0.4 is 11.1 Å². The zero-order valence-electron chi connectivity index (χ0n) is 11.3. The fraction of sp³-hybridized carbons (Fsp3) is 0.500. The first kappa shape index (κ1) is 17.6. The minimum absolute atomic E-state index is 0. The molecule has 0 radical (unpaired) electrons. The molecule has 1 aromatic carbocycles. The summed E-state index contributed by atoms with van der Waals surface area (Å²) in [4.78, 5) is 12.0. The standard InChI is InChI=1S/C14H17F3N2O.ClH/c15-14(16,17)10-4-6-12(7-5-10)19-13(20)9-2-1-3-11(18)8-9;/h1-3,8,10,12H,4-7,18H2,(H,19,20);1H. The molecule has 0 heterocycles. The van der Waals surface area contributed by atoms with Crippen LogP contribution in [0.3, 0.4) is 0 Å². The first-order valence-electron chi connectivity index (χ1n) is 6.59. The van der Waals surface area contributed by atoms with Crippen LogP contribution in [0.5, 0.6) is 0 Å². The Hall–Kier alpha value is -1.43. The number of carbonyl (C=O) groups is 1. The van der Waals surface area contributed by atoms with Crippen molar-refractivity contribution in [2.45, 2.75) is 37.9 Å². The minimum Gasteiger partial charge on any atom is -0.399 e. The van der Waals surface area contributed by atoms with Crippen LogP contribution >= 0.6 is 12.4 Å². The van der Waals surface area contributed by atoms with E-state index in [4.69, 9.17) is 5.73 Å². The molecule has 0 spiro atoms. The van der Waals surface area contributed by atoms with E-state index in [0.717, 1.165) is 0 Å². The Labute approximate surface area is 127 Å². The lowest BCUT2D eigenvalue weighted by molar-refractivity contribution is -0.182. The Bertz CT molecular complexity index is 485. The number of nitrogen functional groups attached to an aromatic ring is 1. The van der Waals surface area contributed by atoms with Crippen molar-refractivity contribution < 1.29 is 18.0 Å². The summed E-state index contributed by atoms with van der Waals surface area (Å²) in [6.07, 6.45) is -3.25. The van der Waals surface area contributed by atoms with Crippen LogP contribution in [0.4, 0.5) is 18.9 Å². The number of alkyl halides is 3. The highest BCUT2D eigenvalue weighted by atomic mass is 35.5. The first-order chi connectivity index (χ1) is 9.36. The molecule has 1 saturated carbocycles. The molecule has 7 heteroatoms. The molecule has 1 aromatic rings. The Morgan fingerprint density at radius 2 is 1.81 bits per heavy atom. The molecule has 0 bridgehead atoms. The van der Waals surface area contributed by atoms with Crippen LogP contribution in [0.1, 0.15) is 36.0 Å². The molecule has 3 N–H and O–H groups in total. The molecular formula is C14H18ClF3N2O. The van der Waals surface area contributed by atoms with Crippen molar-refractivity contribution in [3.05, 3.63) is 29.8 Å². The zero-order valence-corrected chi connectivity index (χ0v) is 12.1. The fourth-order valence-corrected chi connectivity index (χ4v) is 2.51. The Morgan fingerprint density at radius 3 is 2.33 bits per heavy atom. The van der Waals surface area contributed by atoms with E-state index in [-0.39, 0.29) is 37.2 Å². The third-order valence-corrected chi connectivity index (χ3v) is 3.67. The maximum absolute atomic E-state index is 12.5. The molecule has 0 saturated heterocycles. The molecule has 3 nitrogen and oxygen atoms in total. The lowest BCUT2D eigenvalue weighted by Gasteiger charge is -2.30. The molecule has 0 aromatic heterocycles. The molecule has 2 rings (SSSR count). The topological polar surface area (TPSA) is 55.1 Å². The van der Waals surface area contributed by atoms with Gasteiger partial charge in [-0.05, 0) is 43.9 Å². The van der Waals surface area contributed by atoms with E-state index < -0.39 is 12.1 Å². The second-order valence-corrected chi connectivity index (χ2v) is 5.19. The number of carbonyl (C=O) groups excluding carboxylic acids is 1. The van der Waals surface area contributed by atoms with Crippen molar-refractivity contribution in [3.8, 4) is 0 Å². The van der Waals surface area contributed by atoms with E-state index in [0.29, 0.717) is 24.1 Å². The van der Waals surface area contributed by atoms with Gasteiger partial charge in [0.1, 0.15) is 0 Å². The number of nitrogens with one attached hydrogen (secondary N) is 1. The van der Waals surface area contributed by atoms with E-state index in [2.05, 4.69) is 5.32 Å². The minimum atomic E-state index is -4.12. The van der Waals surface area contributed by atoms with Gasteiger partial charge >= 0.3 is 6.18 Å². The quantitative estimate of drug-likeness (QED) is 0.818. The van der Waals surface area contributed by atoms with Gasteiger partial charge in [0, 0.05) is 17.3 Å². The summed E-state index contributed by atoms with van der Waals surface area (Å²) in [7, 11) is 0. The summed E-state index contributed by atoms with van der Waals surface area (Å²) in [5.74, 6) is -1.52. The smallest absolute Gasteiger partial charge is 0.391 e. The normalized spacial score (nSPS) is 22.2. The van der Waals surface area contributed by atoms with Crippen molar-refractivity contribution in [2.75, 3.05) is 5.73 Å². The summed E-state index contributed by atoms with van der Waals surface area (Å²) < 4.78 is 37.6. The summed E-state index contributed by atoms with van der Waals surface area (Å²) in [6, 6.07) is 6.34. The van der Waals surface area contributed by atoms with Crippen LogP contribution in [-0.4, -0.2) is 18.1 Å². The van der Waals surface area contributed by atoms with E-state index >= 15 is 0 Å². The van der Waals surface area contributed by atoms with Crippen LogP contribution in [0, 0.1) is 5.92 Å². The summed E-state index contributed by atoms with van der Waals surface area (Å²) in [5, 5.41) is 2.77. The number of anilines is 1. The van der Waals surface area contributed by atoms with Gasteiger partial charge in [0.2, 0.25) is 0 Å². The Kier molecular flexibility index (Phi) is 5.89. The van der Waals surface area contributed by atoms with Crippen molar-refractivity contribution >= 4 is 24.0 Å². The van der Waals surface area contributed by atoms with Crippen LogP contribution in [0.25, 0.3) is 0 Å². The van der Waals surface area contributed by atoms with E-state index in [1.165, 1.54) is 0 Å². The van der Waals surface area contributed by atoms with Gasteiger partial charge in [-0.1, -0.05) is 6.07 Å². The highest BCUT2D eigenvalue weighted by molar-refractivity contribution is 5.95. The zero-order chi connectivity index (χ0) is 14.8. The predicted octanol–water partition coefficient (Wildman–Crippen LogP) is 3.54. The molecule has 1 aliphatic rings. The number of nitrogens with two attached hydrogens (primary N) is 1. The van der Waals surface area contributed by atoms with Crippen molar-refractivity contribution in [3.63, 3.8) is 0 Å². The van der Waals surface area contributed by atoms with Crippen LogP contribution in [0.2, 0.25) is 0 Å². The Balaban J connectivity index is 0.00000220. The van der Waals surface area contributed by atoms with Crippen LogP contribution in [-0.2, 0) is 0 Å². The van der Waals surface area contributed by atoms with Gasteiger partial charge in [0.25, 0.3) is 5.91 Å². The van der Waals surface area contributed by atoms with Gasteiger partial charge in [-0.2, -0.15) is 13.2 Å². The van der Waals surface area contributed by atoms with Gasteiger partial charge in [0.15, 0.2) is 0 Å². The third kappa shape index (κ3) is 4.81. The molecule has 0 atom stereocenters. The highest BCUT2D eigenvalue weighted by Crippen LogP contribution is 2.37. The molecular weight excluding hydrogens is 305 g/mol. The van der Waals surface area contributed by atoms with E-state index in [9.17, 15) is 18.0 Å². The number of rotatable bonds is 2. The Morgan fingerprint density at radius 1 is 1.19 bits per heavy atom. The van der Waals surface area contributed by atoms with Crippen molar-refractivity contribution in [1.82, 2.24) is 5.32 Å². The van der Waals surface area contributed by atoms with E-state index in [1.807, 2.05) is 0 Å². The van der Waals surface area contributed by atoms with Gasteiger partial charge in [-0.3, -0.25) is 4.79 Å². The largest absolute Gasteiger partial charge is 0.399 e. The number of hydrogen-bond acceptors (Lipinski definition) is 2. The molecule has 1 aliphatic carbocycles.